The quantitative estimate of drug-likeness (QED) is 0.615. The third kappa shape index (κ3) is 4.39. The van der Waals surface area contributed by atoms with Crippen LogP contribution in [0.4, 0.5) is 5.82 Å². The van der Waals surface area contributed by atoms with E-state index in [-0.39, 0.29) is 10.7 Å². The summed E-state index contributed by atoms with van der Waals surface area (Å²) in [7, 11) is 0. The Balaban J connectivity index is 1.80. The normalized spacial score (nSPS) is 15.6. The van der Waals surface area contributed by atoms with Crippen molar-refractivity contribution in [2.45, 2.75) is 38.5 Å². The lowest BCUT2D eigenvalue weighted by Gasteiger charge is -2.10. The van der Waals surface area contributed by atoms with Gasteiger partial charge in [-0.2, -0.15) is 0 Å². The topological polar surface area (TPSA) is 62.2 Å². The van der Waals surface area contributed by atoms with E-state index < -0.39 is 5.97 Å². The molecule has 104 valence electrons. The number of aromatic carboxylic acids is 1. The van der Waals surface area contributed by atoms with Gasteiger partial charge in [-0.3, -0.25) is 0 Å². The Morgan fingerprint density at radius 3 is 2.84 bits per heavy atom. The first-order valence-corrected chi connectivity index (χ1v) is 7.17. The van der Waals surface area contributed by atoms with Crippen LogP contribution in [0, 0.1) is 5.92 Å². The van der Waals surface area contributed by atoms with Gasteiger partial charge in [-0.05, 0) is 30.9 Å². The number of hydrogen-bond acceptors (Lipinski definition) is 3. The Kier molecular flexibility index (Phi) is 5.02. The average Bonchev–Trinajstić information content (AvgIpc) is 2.87. The molecule has 1 aromatic heterocycles. The number of aromatic nitrogens is 1. The summed E-state index contributed by atoms with van der Waals surface area (Å²) >= 11 is 5.80. The standard InChI is InChI=1S/C14H19ClN2O2/c15-12-8-11(14(18)19)9-13(17-12)16-7-3-6-10-4-1-2-5-10/h8-10H,1-7H2,(H,16,17)(H,18,19). The van der Waals surface area contributed by atoms with E-state index in [4.69, 9.17) is 16.7 Å². The van der Waals surface area contributed by atoms with Crippen LogP contribution in [0.25, 0.3) is 0 Å². The second-order valence-corrected chi connectivity index (χ2v) is 5.48. The molecule has 2 N–H and O–H groups in total. The molecule has 0 unspecified atom stereocenters. The van der Waals surface area contributed by atoms with Crippen LogP contribution in [-0.2, 0) is 0 Å². The van der Waals surface area contributed by atoms with Gasteiger partial charge >= 0.3 is 5.97 Å². The minimum absolute atomic E-state index is 0.165. The molecule has 1 heterocycles. The lowest BCUT2D eigenvalue weighted by atomic mass is 10.0. The Morgan fingerprint density at radius 2 is 2.16 bits per heavy atom. The predicted octanol–water partition coefficient (Wildman–Crippen LogP) is 3.82. The second kappa shape index (κ2) is 6.75. The van der Waals surface area contributed by atoms with E-state index in [1.165, 1.54) is 44.2 Å². The van der Waals surface area contributed by atoms with Crippen molar-refractivity contribution in [1.29, 1.82) is 0 Å². The van der Waals surface area contributed by atoms with E-state index in [0.717, 1.165) is 18.9 Å². The Morgan fingerprint density at radius 1 is 1.42 bits per heavy atom. The van der Waals surface area contributed by atoms with Gasteiger partial charge in [0.15, 0.2) is 0 Å². The van der Waals surface area contributed by atoms with Crippen LogP contribution in [0.5, 0.6) is 0 Å². The molecule has 2 rings (SSSR count). The molecule has 1 aliphatic rings. The molecule has 0 bridgehead atoms. The molecule has 0 spiro atoms. The van der Waals surface area contributed by atoms with Crippen molar-refractivity contribution < 1.29 is 9.90 Å². The van der Waals surface area contributed by atoms with Crippen LogP contribution < -0.4 is 5.32 Å². The molecular weight excluding hydrogens is 264 g/mol. The van der Waals surface area contributed by atoms with Crippen molar-refractivity contribution in [3.63, 3.8) is 0 Å². The van der Waals surface area contributed by atoms with E-state index in [9.17, 15) is 4.79 Å². The van der Waals surface area contributed by atoms with Gasteiger partial charge in [-0.25, -0.2) is 9.78 Å². The summed E-state index contributed by atoms with van der Waals surface area (Å²) in [4.78, 5) is 15.0. The smallest absolute Gasteiger partial charge is 0.335 e. The number of rotatable bonds is 6. The second-order valence-electron chi connectivity index (χ2n) is 5.09. The zero-order valence-electron chi connectivity index (χ0n) is 10.9. The molecule has 0 aromatic carbocycles. The molecule has 0 atom stereocenters. The maximum atomic E-state index is 10.9. The summed E-state index contributed by atoms with van der Waals surface area (Å²) in [6, 6.07) is 2.87. The summed E-state index contributed by atoms with van der Waals surface area (Å²) < 4.78 is 0. The number of nitrogens with zero attached hydrogens (tertiary/aromatic N) is 1. The monoisotopic (exact) mass is 282 g/mol. The van der Waals surface area contributed by atoms with Gasteiger partial charge < -0.3 is 10.4 Å². The molecule has 1 aromatic rings. The summed E-state index contributed by atoms with van der Waals surface area (Å²) in [5.74, 6) is 0.429. The number of halogens is 1. The van der Waals surface area contributed by atoms with Crippen LogP contribution in [0.15, 0.2) is 12.1 Å². The SMILES string of the molecule is O=C(O)c1cc(Cl)nc(NCCCC2CCCC2)c1. The molecule has 0 aliphatic heterocycles. The van der Waals surface area contributed by atoms with Crippen molar-refractivity contribution in [3.8, 4) is 0 Å². The van der Waals surface area contributed by atoms with E-state index in [2.05, 4.69) is 10.3 Å². The van der Waals surface area contributed by atoms with Gasteiger partial charge in [0, 0.05) is 6.54 Å². The Bertz CT molecular complexity index is 445. The molecule has 1 saturated carbocycles. The lowest BCUT2D eigenvalue weighted by molar-refractivity contribution is 0.0697. The molecular formula is C14H19ClN2O2. The van der Waals surface area contributed by atoms with Crippen LogP contribution >= 0.6 is 11.6 Å². The van der Waals surface area contributed by atoms with Crippen molar-refractivity contribution in [2.24, 2.45) is 5.92 Å². The summed E-state index contributed by atoms with van der Waals surface area (Å²) in [5.41, 5.74) is 0.165. The molecule has 19 heavy (non-hydrogen) atoms. The number of anilines is 1. The maximum absolute atomic E-state index is 10.9. The van der Waals surface area contributed by atoms with Crippen LogP contribution in [-0.4, -0.2) is 22.6 Å². The van der Waals surface area contributed by atoms with Crippen LogP contribution in [0.1, 0.15) is 48.9 Å². The molecule has 0 saturated heterocycles. The average molecular weight is 283 g/mol. The summed E-state index contributed by atoms with van der Waals surface area (Å²) in [6.45, 7) is 0.808. The van der Waals surface area contributed by atoms with Gasteiger partial charge in [0.25, 0.3) is 0 Å². The highest BCUT2D eigenvalue weighted by molar-refractivity contribution is 6.29. The van der Waals surface area contributed by atoms with Crippen molar-refractivity contribution in [2.75, 3.05) is 11.9 Å². The molecule has 1 aliphatic carbocycles. The van der Waals surface area contributed by atoms with Crippen LogP contribution in [0.3, 0.4) is 0 Å². The summed E-state index contributed by atoms with van der Waals surface area (Å²) in [5, 5.41) is 12.3. The molecule has 4 nitrogen and oxygen atoms in total. The van der Waals surface area contributed by atoms with Crippen molar-refractivity contribution in [1.82, 2.24) is 4.98 Å². The van der Waals surface area contributed by atoms with Gasteiger partial charge in [0.1, 0.15) is 11.0 Å². The van der Waals surface area contributed by atoms with Gasteiger partial charge in [-0.1, -0.05) is 37.3 Å². The first-order chi connectivity index (χ1) is 9.15. The third-order valence-electron chi connectivity index (χ3n) is 3.61. The van der Waals surface area contributed by atoms with E-state index in [1.807, 2.05) is 0 Å². The van der Waals surface area contributed by atoms with E-state index >= 15 is 0 Å². The van der Waals surface area contributed by atoms with Gasteiger partial charge in [0.05, 0.1) is 5.56 Å². The van der Waals surface area contributed by atoms with E-state index in [0.29, 0.717) is 5.82 Å². The number of carboxylic acids is 1. The van der Waals surface area contributed by atoms with Gasteiger partial charge in [-0.15, -0.1) is 0 Å². The highest BCUT2D eigenvalue weighted by Crippen LogP contribution is 2.28. The fourth-order valence-corrected chi connectivity index (χ4v) is 2.83. The lowest BCUT2D eigenvalue weighted by Crippen LogP contribution is -2.07. The van der Waals surface area contributed by atoms with Crippen molar-refractivity contribution >= 4 is 23.4 Å². The molecule has 5 heteroatoms. The maximum Gasteiger partial charge on any atom is 0.335 e. The van der Waals surface area contributed by atoms with Gasteiger partial charge in [0.2, 0.25) is 0 Å². The fourth-order valence-electron chi connectivity index (χ4n) is 2.62. The zero-order valence-corrected chi connectivity index (χ0v) is 11.6. The summed E-state index contributed by atoms with van der Waals surface area (Å²) in [6.07, 6.45) is 7.78. The first kappa shape index (κ1) is 14.1. The molecule has 0 amide bonds. The number of carbonyl (C=O) groups is 1. The van der Waals surface area contributed by atoms with E-state index in [1.54, 1.807) is 0 Å². The minimum Gasteiger partial charge on any atom is -0.478 e. The Labute approximate surface area is 118 Å². The largest absolute Gasteiger partial charge is 0.478 e. The molecule has 0 radical (unpaired) electrons. The third-order valence-corrected chi connectivity index (χ3v) is 3.80. The number of hydrogen-bond donors (Lipinski definition) is 2. The minimum atomic E-state index is -0.988. The first-order valence-electron chi connectivity index (χ1n) is 6.80. The predicted molar refractivity (Wildman–Crippen MR) is 75.9 cm³/mol. The molecule has 1 fully saturated rings. The number of pyridine rings is 1. The highest BCUT2D eigenvalue weighted by Gasteiger charge is 2.14. The highest BCUT2D eigenvalue weighted by atomic mass is 35.5. The Hall–Kier alpha value is -1.29. The number of nitrogens with one attached hydrogen (secondary N) is 1. The fraction of sp³-hybridized carbons (Fsp3) is 0.571. The van der Waals surface area contributed by atoms with Crippen LogP contribution in [0.2, 0.25) is 5.15 Å². The van der Waals surface area contributed by atoms with Crippen molar-refractivity contribution in [3.05, 3.63) is 22.8 Å². The zero-order chi connectivity index (χ0) is 13.7. The number of carboxylic acid groups (broad SMARTS) is 1.